The number of anilines is 1. The molecule has 0 spiro atoms. The third-order valence-corrected chi connectivity index (χ3v) is 3.49. The highest BCUT2D eigenvalue weighted by atomic mass is 35.5. The van der Waals surface area contributed by atoms with Crippen molar-refractivity contribution in [1.82, 2.24) is 4.98 Å². The van der Waals surface area contributed by atoms with Crippen LogP contribution in [0.25, 0.3) is 0 Å². The van der Waals surface area contributed by atoms with Crippen LogP contribution in [0.5, 0.6) is 0 Å². The Morgan fingerprint density at radius 2 is 2.00 bits per heavy atom. The maximum absolute atomic E-state index is 12.0. The minimum absolute atomic E-state index is 0.412. The Hall–Kier alpha value is -2.20. The summed E-state index contributed by atoms with van der Waals surface area (Å²) < 4.78 is 0. The van der Waals surface area contributed by atoms with E-state index in [-0.39, 0.29) is 0 Å². The van der Waals surface area contributed by atoms with Crippen molar-refractivity contribution in [1.29, 1.82) is 0 Å². The summed E-state index contributed by atoms with van der Waals surface area (Å²) in [6.45, 7) is 0.412. The van der Waals surface area contributed by atoms with Gasteiger partial charge in [-0.15, -0.1) is 0 Å². The van der Waals surface area contributed by atoms with E-state index in [9.17, 15) is 9.59 Å². The highest BCUT2D eigenvalue weighted by Crippen LogP contribution is 2.31. The van der Waals surface area contributed by atoms with Gasteiger partial charge in [-0.1, -0.05) is 17.7 Å². The highest BCUT2D eigenvalue weighted by molar-refractivity contribution is 6.52. The highest BCUT2D eigenvalue weighted by Gasteiger charge is 2.35. The van der Waals surface area contributed by atoms with Gasteiger partial charge in [0.05, 0.1) is 11.3 Å². The van der Waals surface area contributed by atoms with Gasteiger partial charge >= 0.3 is 0 Å². The zero-order valence-electron chi connectivity index (χ0n) is 10.5. The Kier molecular flexibility index (Phi) is 3.24. The van der Waals surface area contributed by atoms with Crippen LogP contribution >= 0.6 is 11.6 Å². The largest absolute Gasteiger partial charge is 0.304 e. The lowest BCUT2D eigenvalue weighted by molar-refractivity contribution is -0.114. The molecule has 1 amide bonds. The number of hydrogen-bond donors (Lipinski definition) is 0. The molecule has 0 aliphatic carbocycles. The lowest BCUT2D eigenvalue weighted by Gasteiger charge is -2.16. The molecule has 2 heterocycles. The summed E-state index contributed by atoms with van der Waals surface area (Å²) in [5.74, 6) is -0.976. The van der Waals surface area contributed by atoms with Crippen LogP contribution in [0.15, 0.2) is 42.6 Å². The molecule has 0 saturated carbocycles. The number of halogens is 1. The average Bonchev–Trinajstić information content (AvgIpc) is 2.70. The SMILES string of the molecule is O=C1C(=O)N(CCc2ccccn2)c2cc(Cl)ccc21. The average molecular weight is 287 g/mol. The van der Waals surface area contributed by atoms with E-state index in [0.717, 1.165) is 5.69 Å². The van der Waals surface area contributed by atoms with Crippen LogP contribution in [0.3, 0.4) is 0 Å². The Morgan fingerprint density at radius 3 is 2.75 bits per heavy atom. The van der Waals surface area contributed by atoms with Gasteiger partial charge in [-0.05, 0) is 30.3 Å². The number of amides is 1. The van der Waals surface area contributed by atoms with E-state index < -0.39 is 11.7 Å². The van der Waals surface area contributed by atoms with E-state index in [0.29, 0.717) is 29.2 Å². The van der Waals surface area contributed by atoms with Gasteiger partial charge in [0.1, 0.15) is 0 Å². The number of carbonyl (C=O) groups excluding carboxylic acids is 2. The zero-order chi connectivity index (χ0) is 14.1. The fourth-order valence-corrected chi connectivity index (χ4v) is 2.43. The monoisotopic (exact) mass is 286 g/mol. The zero-order valence-corrected chi connectivity index (χ0v) is 11.3. The number of carbonyl (C=O) groups is 2. The third-order valence-electron chi connectivity index (χ3n) is 3.25. The topological polar surface area (TPSA) is 50.3 Å². The van der Waals surface area contributed by atoms with Crippen LogP contribution in [0.1, 0.15) is 16.1 Å². The minimum atomic E-state index is -0.502. The van der Waals surface area contributed by atoms with Gasteiger partial charge in [0.15, 0.2) is 0 Å². The van der Waals surface area contributed by atoms with E-state index >= 15 is 0 Å². The second kappa shape index (κ2) is 5.06. The lowest BCUT2D eigenvalue weighted by atomic mass is 10.1. The predicted molar refractivity (Wildman–Crippen MR) is 76.1 cm³/mol. The summed E-state index contributed by atoms with van der Waals surface area (Å²) in [7, 11) is 0. The maximum atomic E-state index is 12.0. The first-order chi connectivity index (χ1) is 9.66. The number of nitrogens with zero attached hydrogens (tertiary/aromatic N) is 2. The molecule has 1 aliphatic rings. The number of Topliss-reactive ketones (excluding diaryl/α,β-unsaturated/α-hetero) is 1. The third kappa shape index (κ3) is 2.18. The molecule has 0 unspecified atom stereocenters. The molecule has 100 valence electrons. The summed E-state index contributed by atoms with van der Waals surface area (Å²) in [4.78, 5) is 29.6. The van der Waals surface area contributed by atoms with E-state index in [1.165, 1.54) is 4.90 Å². The number of ketones is 1. The van der Waals surface area contributed by atoms with Crippen molar-refractivity contribution in [3.63, 3.8) is 0 Å². The Balaban J connectivity index is 1.86. The van der Waals surface area contributed by atoms with Crippen molar-refractivity contribution in [3.05, 3.63) is 58.9 Å². The summed E-state index contributed by atoms with van der Waals surface area (Å²) in [5.41, 5.74) is 1.88. The Bertz CT molecular complexity index is 686. The number of hydrogen-bond acceptors (Lipinski definition) is 3. The van der Waals surface area contributed by atoms with Crippen LogP contribution in [0, 0.1) is 0 Å². The molecule has 2 aromatic rings. The smallest absolute Gasteiger partial charge is 0.299 e. The number of benzene rings is 1. The molecule has 4 nitrogen and oxygen atoms in total. The Labute approximate surface area is 121 Å². The number of rotatable bonds is 3. The number of fused-ring (bicyclic) bond motifs is 1. The van der Waals surface area contributed by atoms with Gasteiger partial charge in [0, 0.05) is 29.9 Å². The predicted octanol–water partition coefficient (Wildman–Crippen LogP) is 2.51. The summed E-state index contributed by atoms with van der Waals surface area (Å²) in [6, 6.07) is 10.5. The number of aromatic nitrogens is 1. The fraction of sp³-hybridized carbons (Fsp3) is 0.133. The molecular formula is C15H11ClN2O2. The van der Waals surface area contributed by atoms with Gasteiger partial charge < -0.3 is 4.90 Å². The molecule has 0 fully saturated rings. The van der Waals surface area contributed by atoms with Crippen LogP contribution in [-0.2, 0) is 11.2 Å². The lowest BCUT2D eigenvalue weighted by Crippen LogP contribution is -2.31. The van der Waals surface area contributed by atoms with Crippen molar-refractivity contribution < 1.29 is 9.59 Å². The van der Waals surface area contributed by atoms with Crippen LogP contribution in [-0.4, -0.2) is 23.2 Å². The molecule has 3 rings (SSSR count). The molecule has 0 bridgehead atoms. The van der Waals surface area contributed by atoms with Crippen molar-refractivity contribution >= 4 is 29.0 Å². The van der Waals surface area contributed by atoms with Gasteiger partial charge in [-0.3, -0.25) is 14.6 Å². The summed E-state index contributed by atoms with van der Waals surface area (Å²) in [5, 5.41) is 0.508. The molecule has 0 radical (unpaired) electrons. The Morgan fingerprint density at radius 1 is 1.15 bits per heavy atom. The van der Waals surface area contributed by atoms with E-state index in [2.05, 4.69) is 4.98 Å². The van der Waals surface area contributed by atoms with Gasteiger partial charge in [0.2, 0.25) is 0 Å². The first-order valence-corrected chi connectivity index (χ1v) is 6.60. The second-order valence-electron chi connectivity index (χ2n) is 4.52. The normalized spacial score (nSPS) is 13.8. The molecule has 0 N–H and O–H groups in total. The van der Waals surface area contributed by atoms with E-state index in [1.807, 2.05) is 18.2 Å². The van der Waals surface area contributed by atoms with Crippen molar-refractivity contribution in [2.75, 3.05) is 11.4 Å². The molecule has 1 aliphatic heterocycles. The van der Waals surface area contributed by atoms with Crippen LogP contribution in [0.2, 0.25) is 5.02 Å². The van der Waals surface area contributed by atoms with Crippen molar-refractivity contribution in [3.8, 4) is 0 Å². The fourth-order valence-electron chi connectivity index (χ4n) is 2.26. The quantitative estimate of drug-likeness (QED) is 0.815. The first kappa shape index (κ1) is 12.8. The van der Waals surface area contributed by atoms with Gasteiger partial charge in [-0.25, -0.2) is 0 Å². The second-order valence-corrected chi connectivity index (χ2v) is 4.95. The van der Waals surface area contributed by atoms with Crippen LogP contribution < -0.4 is 4.90 Å². The molecule has 1 aromatic heterocycles. The van der Waals surface area contributed by atoms with Crippen molar-refractivity contribution in [2.45, 2.75) is 6.42 Å². The molecule has 1 aromatic carbocycles. The maximum Gasteiger partial charge on any atom is 0.299 e. The summed E-state index contributed by atoms with van der Waals surface area (Å²) in [6.07, 6.45) is 2.29. The van der Waals surface area contributed by atoms with Crippen LogP contribution in [0.4, 0.5) is 5.69 Å². The molecule has 0 atom stereocenters. The first-order valence-electron chi connectivity index (χ1n) is 6.22. The van der Waals surface area contributed by atoms with Crippen molar-refractivity contribution in [2.24, 2.45) is 0 Å². The molecule has 20 heavy (non-hydrogen) atoms. The minimum Gasteiger partial charge on any atom is -0.304 e. The van der Waals surface area contributed by atoms with Gasteiger partial charge in [0.25, 0.3) is 11.7 Å². The standard InChI is InChI=1S/C15H11ClN2O2/c16-10-4-5-12-13(9-10)18(15(20)14(12)19)8-6-11-3-1-2-7-17-11/h1-5,7,9H,6,8H2. The molecule has 5 heteroatoms. The van der Waals surface area contributed by atoms with E-state index in [4.69, 9.17) is 11.6 Å². The summed E-state index contributed by atoms with van der Waals surface area (Å²) >= 11 is 5.94. The number of pyridine rings is 1. The van der Waals surface area contributed by atoms with E-state index in [1.54, 1.807) is 24.4 Å². The molecular weight excluding hydrogens is 276 g/mol. The van der Waals surface area contributed by atoms with Gasteiger partial charge in [-0.2, -0.15) is 0 Å². The molecule has 0 saturated heterocycles.